The zero-order valence-corrected chi connectivity index (χ0v) is 38.3. The molecule has 1 atom stereocenters. The molecule has 332 valence electrons. The molecule has 0 N–H and O–H groups in total. The third-order valence-electron chi connectivity index (χ3n) is 11.2. The fraction of sp³-hybridized carbons (Fsp3) is 0.940. The predicted molar refractivity (Wildman–Crippen MR) is 238 cm³/mol. The molecule has 0 aliphatic rings. The molecule has 0 heterocycles. The topological polar surface area (TPSA) is 78.9 Å². The molecule has 0 spiro atoms. The first-order valence-corrected chi connectivity index (χ1v) is 24.7. The maximum Gasteiger partial charge on any atom is 0.306 e. The highest BCUT2D eigenvalue weighted by Crippen LogP contribution is 2.17. The number of hydrogen-bond acceptors (Lipinski definition) is 6. The highest BCUT2D eigenvalue weighted by atomic mass is 16.6. The van der Waals surface area contributed by atoms with Gasteiger partial charge in [-0.15, -0.1) is 0 Å². The average molecular weight is 793 g/mol. The Morgan fingerprint density at radius 3 is 0.875 bits per heavy atom. The van der Waals surface area contributed by atoms with Gasteiger partial charge in [0.15, 0.2) is 6.10 Å². The van der Waals surface area contributed by atoms with Crippen LogP contribution in [-0.4, -0.2) is 37.2 Å². The maximum absolute atomic E-state index is 12.7. The summed E-state index contributed by atoms with van der Waals surface area (Å²) in [5, 5.41) is 0. The minimum atomic E-state index is -0.759. The molecule has 0 aliphatic carbocycles. The average Bonchev–Trinajstić information content (AvgIpc) is 3.16. The third kappa shape index (κ3) is 43.5. The lowest BCUT2D eigenvalue weighted by molar-refractivity contribution is -0.167. The van der Waals surface area contributed by atoms with E-state index in [1.807, 2.05) is 0 Å². The number of rotatable bonds is 44. The van der Waals surface area contributed by atoms with Crippen molar-refractivity contribution in [3.8, 4) is 0 Å². The molecular weight excluding hydrogens is 697 g/mol. The van der Waals surface area contributed by atoms with Crippen molar-refractivity contribution in [2.45, 2.75) is 278 Å². The van der Waals surface area contributed by atoms with E-state index >= 15 is 0 Å². The molecule has 0 amide bonds. The van der Waals surface area contributed by atoms with Gasteiger partial charge in [0.25, 0.3) is 0 Å². The summed E-state index contributed by atoms with van der Waals surface area (Å²) in [6, 6.07) is 0. The Morgan fingerprint density at radius 1 is 0.339 bits per heavy atom. The van der Waals surface area contributed by atoms with E-state index in [2.05, 4.69) is 34.6 Å². The minimum Gasteiger partial charge on any atom is -0.462 e. The standard InChI is InChI=1S/C50H96O6/c1-6-7-8-28-35-40-48(51)54-43-47(56-50(53)42-37-32-27-23-19-15-17-21-25-30-34-39-46(4)5)44-55-49(52)41-36-31-26-22-18-14-12-10-9-11-13-16-20-24-29-33-38-45(2)3/h45-47H,6-44H2,1-5H3/t47-/m1/s1. The molecular formula is C50H96O6. The quantitative estimate of drug-likeness (QED) is 0.0347. The predicted octanol–water partition coefficient (Wildman–Crippen LogP) is 15.8. The summed E-state index contributed by atoms with van der Waals surface area (Å²) >= 11 is 0. The molecule has 0 saturated carbocycles. The monoisotopic (exact) mass is 793 g/mol. The van der Waals surface area contributed by atoms with E-state index in [-0.39, 0.29) is 31.1 Å². The van der Waals surface area contributed by atoms with Crippen molar-refractivity contribution in [3.63, 3.8) is 0 Å². The summed E-state index contributed by atoms with van der Waals surface area (Å²) in [5.74, 6) is 0.812. The summed E-state index contributed by atoms with van der Waals surface area (Å²) in [6.45, 7) is 11.3. The lowest BCUT2D eigenvalue weighted by atomic mass is 10.0. The highest BCUT2D eigenvalue weighted by molar-refractivity contribution is 5.71. The van der Waals surface area contributed by atoms with Gasteiger partial charge in [-0.2, -0.15) is 0 Å². The van der Waals surface area contributed by atoms with Crippen molar-refractivity contribution in [2.75, 3.05) is 13.2 Å². The molecule has 56 heavy (non-hydrogen) atoms. The van der Waals surface area contributed by atoms with E-state index in [0.717, 1.165) is 76.0 Å². The van der Waals surface area contributed by atoms with Crippen LogP contribution in [0.25, 0.3) is 0 Å². The van der Waals surface area contributed by atoms with Gasteiger partial charge in [-0.1, -0.05) is 234 Å². The van der Waals surface area contributed by atoms with E-state index in [1.165, 1.54) is 154 Å². The number of esters is 3. The van der Waals surface area contributed by atoms with E-state index in [9.17, 15) is 14.4 Å². The van der Waals surface area contributed by atoms with Gasteiger partial charge in [0.1, 0.15) is 13.2 Å². The summed E-state index contributed by atoms with van der Waals surface area (Å²) in [6.07, 6.45) is 42.7. The van der Waals surface area contributed by atoms with Crippen molar-refractivity contribution < 1.29 is 28.6 Å². The van der Waals surface area contributed by atoms with Crippen LogP contribution in [0, 0.1) is 11.8 Å². The Kier molecular flexibility index (Phi) is 41.8. The molecule has 0 fully saturated rings. The van der Waals surface area contributed by atoms with Crippen LogP contribution in [-0.2, 0) is 28.6 Å². The molecule has 0 bridgehead atoms. The van der Waals surface area contributed by atoms with Gasteiger partial charge in [-0.05, 0) is 31.1 Å². The van der Waals surface area contributed by atoms with Crippen molar-refractivity contribution in [3.05, 3.63) is 0 Å². The van der Waals surface area contributed by atoms with Crippen molar-refractivity contribution in [2.24, 2.45) is 11.8 Å². The van der Waals surface area contributed by atoms with Gasteiger partial charge < -0.3 is 14.2 Å². The molecule has 6 nitrogen and oxygen atoms in total. The van der Waals surface area contributed by atoms with Crippen LogP contribution in [0.1, 0.15) is 272 Å². The molecule has 0 aromatic rings. The highest BCUT2D eigenvalue weighted by Gasteiger charge is 2.19. The van der Waals surface area contributed by atoms with E-state index in [0.29, 0.717) is 19.3 Å². The Bertz CT molecular complexity index is 854. The Balaban J connectivity index is 4.11. The van der Waals surface area contributed by atoms with Crippen LogP contribution < -0.4 is 0 Å². The fourth-order valence-electron chi connectivity index (χ4n) is 7.46. The molecule has 0 aromatic carbocycles. The molecule has 6 heteroatoms. The number of hydrogen-bond donors (Lipinski definition) is 0. The lowest BCUT2D eigenvalue weighted by Gasteiger charge is -2.18. The summed E-state index contributed by atoms with van der Waals surface area (Å²) < 4.78 is 16.7. The van der Waals surface area contributed by atoms with E-state index in [1.54, 1.807) is 0 Å². The number of carbonyl (C=O) groups excluding carboxylic acids is 3. The second kappa shape index (κ2) is 43.0. The normalized spacial score (nSPS) is 12.1. The van der Waals surface area contributed by atoms with Crippen LogP contribution in [0.4, 0.5) is 0 Å². The number of carbonyl (C=O) groups is 3. The smallest absolute Gasteiger partial charge is 0.306 e. The van der Waals surface area contributed by atoms with Crippen LogP contribution >= 0.6 is 0 Å². The van der Waals surface area contributed by atoms with Gasteiger partial charge in [0.2, 0.25) is 0 Å². The largest absolute Gasteiger partial charge is 0.462 e. The zero-order chi connectivity index (χ0) is 41.2. The van der Waals surface area contributed by atoms with Gasteiger partial charge in [-0.3, -0.25) is 14.4 Å². The zero-order valence-electron chi connectivity index (χ0n) is 38.3. The van der Waals surface area contributed by atoms with Gasteiger partial charge >= 0.3 is 17.9 Å². The number of unbranched alkanes of at least 4 members (excludes halogenated alkanes) is 29. The molecule has 0 radical (unpaired) electrons. The van der Waals surface area contributed by atoms with E-state index < -0.39 is 6.10 Å². The summed E-state index contributed by atoms with van der Waals surface area (Å²) in [7, 11) is 0. The lowest BCUT2D eigenvalue weighted by Crippen LogP contribution is -2.30. The van der Waals surface area contributed by atoms with Crippen LogP contribution in [0.5, 0.6) is 0 Å². The molecule has 0 saturated heterocycles. The van der Waals surface area contributed by atoms with Crippen molar-refractivity contribution >= 4 is 17.9 Å². The SMILES string of the molecule is CCCCCCCC(=O)OC[C@H](COC(=O)CCCCCCCCCCCCCCCCCCC(C)C)OC(=O)CCCCCCCCCCCCCC(C)C. The van der Waals surface area contributed by atoms with Gasteiger partial charge in [-0.25, -0.2) is 0 Å². The Labute approximate surface area is 348 Å². The number of ether oxygens (including phenoxy) is 3. The first-order chi connectivity index (χ1) is 27.2. The fourth-order valence-corrected chi connectivity index (χ4v) is 7.46. The minimum absolute atomic E-state index is 0.0650. The van der Waals surface area contributed by atoms with Gasteiger partial charge in [0.05, 0.1) is 0 Å². The summed E-state index contributed by atoms with van der Waals surface area (Å²) in [5.41, 5.74) is 0. The van der Waals surface area contributed by atoms with Crippen LogP contribution in [0.3, 0.4) is 0 Å². The van der Waals surface area contributed by atoms with Gasteiger partial charge in [0, 0.05) is 19.3 Å². The van der Waals surface area contributed by atoms with E-state index in [4.69, 9.17) is 14.2 Å². The summed E-state index contributed by atoms with van der Waals surface area (Å²) in [4.78, 5) is 37.6. The maximum atomic E-state index is 12.7. The van der Waals surface area contributed by atoms with Crippen LogP contribution in [0.2, 0.25) is 0 Å². The second-order valence-corrected chi connectivity index (χ2v) is 18.1. The van der Waals surface area contributed by atoms with Crippen LogP contribution in [0.15, 0.2) is 0 Å². The molecule has 0 aliphatic heterocycles. The Morgan fingerprint density at radius 2 is 0.589 bits per heavy atom. The first-order valence-electron chi connectivity index (χ1n) is 24.7. The third-order valence-corrected chi connectivity index (χ3v) is 11.2. The second-order valence-electron chi connectivity index (χ2n) is 18.1. The van der Waals surface area contributed by atoms with Crippen molar-refractivity contribution in [1.82, 2.24) is 0 Å². The molecule has 0 aromatic heterocycles. The molecule has 0 rings (SSSR count). The molecule has 0 unspecified atom stereocenters. The first kappa shape index (κ1) is 54.4. The van der Waals surface area contributed by atoms with Crippen molar-refractivity contribution in [1.29, 1.82) is 0 Å². The Hall–Kier alpha value is -1.59.